The Hall–Kier alpha value is -1.90. The second kappa shape index (κ2) is 22.5. The SMILES string of the molecule is CO[C@@H]1[C@@H](O[C@@H]2O[C@@H](C)[C@@H](O[C@H]3C[C@](C)(O)[C@@H](O)[C@H](C)O3)[C@H](N(C)C)[C@H]2O)[C@@H](CC=O)C[C@@H](C)[C@@H](O[C@H]2CC[C@H](N(C)C)[C@@H](C)O2)/C=C/C=C/C[C@@H](C)OC(=O)C[C@H]1O. The number of likely N-dealkylation sites (N-methyl/N-ethyl adjacent to an activating group) is 2. The predicted octanol–water partition coefficient (Wildman–Crippen LogP) is 2.33. The molecule has 4 aliphatic rings. The van der Waals surface area contributed by atoms with Crippen LogP contribution < -0.4 is 0 Å². The summed E-state index contributed by atoms with van der Waals surface area (Å²) in [6.45, 7) is 10.8. The minimum Gasteiger partial charge on any atom is -0.462 e. The Labute approximate surface area is 351 Å². The molecule has 0 aromatic heterocycles. The van der Waals surface area contributed by atoms with Crippen LogP contribution in [0.15, 0.2) is 24.3 Å². The first kappa shape index (κ1) is 49.8. The number of hydrogen-bond donors (Lipinski definition) is 4. The summed E-state index contributed by atoms with van der Waals surface area (Å²) in [6, 6.07) is -0.466. The van der Waals surface area contributed by atoms with Crippen molar-refractivity contribution in [2.45, 2.75) is 190 Å². The molecule has 16 nitrogen and oxygen atoms in total. The minimum absolute atomic E-state index is 0.00885. The first-order valence-electron chi connectivity index (χ1n) is 21.3. The van der Waals surface area contributed by atoms with Gasteiger partial charge in [0.15, 0.2) is 18.9 Å². The molecular weight excluding hydrogens is 768 g/mol. The van der Waals surface area contributed by atoms with Gasteiger partial charge in [-0.05, 0) is 93.9 Å². The van der Waals surface area contributed by atoms with Gasteiger partial charge in [0, 0.05) is 32.4 Å². The van der Waals surface area contributed by atoms with Gasteiger partial charge in [0.2, 0.25) is 0 Å². The van der Waals surface area contributed by atoms with Crippen molar-refractivity contribution in [1.82, 2.24) is 9.80 Å². The van der Waals surface area contributed by atoms with Gasteiger partial charge in [-0.1, -0.05) is 31.2 Å². The number of carbonyl (C=O) groups excluding carboxylic acids is 2. The summed E-state index contributed by atoms with van der Waals surface area (Å²) in [5.74, 6) is -1.47. The van der Waals surface area contributed by atoms with Gasteiger partial charge in [0.25, 0.3) is 0 Å². The molecule has 0 spiro atoms. The molecule has 59 heavy (non-hydrogen) atoms. The first-order chi connectivity index (χ1) is 27.8. The van der Waals surface area contributed by atoms with Crippen molar-refractivity contribution in [2.24, 2.45) is 11.8 Å². The number of carbonyl (C=O) groups is 2. The largest absolute Gasteiger partial charge is 0.462 e. The van der Waals surface area contributed by atoms with Crippen molar-refractivity contribution in [2.75, 3.05) is 35.3 Å². The van der Waals surface area contributed by atoms with Crippen LogP contribution >= 0.6 is 0 Å². The zero-order chi connectivity index (χ0) is 43.8. The highest BCUT2D eigenvalue weighted by molar-refractivity contribution is 5.70. The normalized spacial score (nSPS) is 45.8. The van der Waals surface area contributed by atoms with Crippen molar-refractivity contribution in [1.29, 1.82) is 0 Å². The van der Waals surface area contributed by atoms with Crippen LogP contribution in [0.5, 0.6) is 0 Å². The number of rotatable bonds is 11. The number of cyclic esters (lactones) is 1. The van der Waals surface area contributed by atoms with E-state index in [2.05, 4.69) is 4.90 Å². The van der Waals surface area contributed by atoms with Crippen molar-refractivity contribution in [3.8, 4) is 0 Å². The summed E-state index contributed by atoms with van der Waals surface area (Å²) in [7, 11) is 9.03. The minimum atomic E-state index is -1.47. The number of esters is 1. The predicted molar refractivity (Wildman–Crippen MR) is 217 cm³/mol. The molecule has 0 aliphatic carbocycles. The van der Waals surface area contributed by atoms with E-state index in [1.165, 1.54) is 14.0 Å². The summed E-state index contributed by atoms with van der Waals surface area (Å²) >= 11 is 0. The highest BCUT2D eigenvalue weighted by Gasteiger charge is 2.52. The smallest absolute Gasteiger partial charge is 0.308 e. The molecule has 0 bridgehead atoms. The van der Waals surface area contributed by atoms with Crippen LogP contribution in [0.1, 0.15) is 86.5 Å². The zero-order valence-electron chi connectivity index (χ0n) is 37.0. The van der Waals surface area contributed by atoms with E-state index in [9.17, 15) is 30.0 Å². The lowest BCUT2D eigenvalue weighted by Gasteiger charge is -2.50. The van der Waals surface area contributed by atoms with Crippen LogP contribution in [0.25, 0.3) is 0 Å². The topological polar surface area (TPSA) is 195 Å². The molecule has 16 heteroatoms. The van der Waals surface area contributed by atoms with Crippen molar-refractivity contribution in [3.05, 3.63) is 24.3 Å². The number of aliphatic hydroxyl groups is 4. The first-order valence-corrected chi connectivity index (χ1v) is 21.3. The van der Waals surface area contributed by atoms with Crippen molar-refractivity contribution >= 4 is 12.3 Å². The molecule has 0 aromatic carbocycles. The third-order valence-corrected chi connectivity index (χ3v) is 12.4. The third kappa shape index (κ3) is 13.3. The highest BCUT2D eigenvalue weighted by atomic mass is 16.7. The molecular formula is C43H74N2O14. The van der Waals surface area contributed by atoms with Gasteiger partial charge in [-0.3, -0.25) is 4.79 Å². The molecule has 0 amide bonds. The molecule has 3 saturated heterocycles. The maximum atomic E-state index is 13.1. The number of hydrogen-bond acceptors (Lipinski definition) is 16. The van der Waals surface area contributed by atoms with E-state index in [-0.39, 0.29) is 30.9 Å². The van der Waals surface area contributed by atoms with Crippen LogP contribution in [-0.4, -0.2) is 181 Å². The van der Waals surface area contributed by atoms with Gasteiger partial charge >= 0.3 is 5.97 Å². The van der Waals surface area contributed by atoms with Crippen molar-refractivity contribution in [3.63, 3.8) is 0 Å². The molecule has 3 fully saturated rings. The summed E-state index contributed by atoms with van der Waals surface area (Å²) in [5.41, 5.74) is -1.47. The van der Waals surface area contributed by atoms with Crippen LogP contribution in [-0.2, 0) is 47.5 Å². The van der Waals surface area contributed by atoms with Gasteiger partial charge < -0.3 is 72.9 Å². The Morgan fingerprint density at radius 2 is 1.56 bits per heavy atom. The molecule has 4 rings (SSSR count). The van der Waals surface area contributed by atoms with Crippen LogP contribution in [0.4, 0.5) is 0 Å². The molecule has 0 radical (unpaired) electrons. The Bertz CT molecular complexity index is 1370. The second-order valence-corrected chi connectivity index (χ2v) is 17.8. The van der Waals surface area contributed by atoms with E-state index in [4.69, 9.17) is 37.9 Å². The zero-order valence-corrected chi connectivity index (χ0v) is 37.0. The van der Waals surface area contributed by atoms with E-state index >= 15 is 0 Å². The summed E-state index contributed by atoms with van der Waals surface area (Å²) in [4.78, 5) is 29.5. The van der Waals surface area contributed by atoms with Gasteiger partial charge in [-0.15, -0.1) is 0 Å². The third-order valence-electron chi connectivity index (χ3n) is 12.4. The van der Waals surface area contributed by atoms with Crippen LogP contribution in [0.2, 0.25) is 0 Å². The van der Waals surface area contributed by atoms with Gasteiger partial charge in [0.1, 0.15) is 36.8 Å². The summed E-state index contributed by atoms with van der Waals surface area (Å²) < 4.78 is 50.0. The van der Waals surface area contributed by atoms with Crippen molar-refractivity contribution < 1.29 is 67.9 Å². The number of methoxy groups -OCH3 is 1. The van der Waals surface area contributed by atoms with Crippen LogP contribution in [0, 0.1) is 11.8 Å². The second-order valence-electron chi connectivity index (χ2n) is 17.8. The van der Waals surface area contributed by atoms with Gasteiger partial charge in [-0.25, -0.2) is 0 Å². The summed E-state index contributed by atoms with van der Waals surface area (Å²) in [5, 5.41) is 45.1. The molecule has 0 saturated carbocycles. The average Bonchev–Trinajstić information content (AvgIpc) is 3.13. The molecule has 0 aromatic rings. The summed E-state index contributed by atoms with van der Waals surface area (Å²) in [6.07, 6.45) is -1.56. The number of nitrogens with zero attached hydrogens (tertiary/aromatic N) is 2. The van der Waals surface area contributed by atoms with E-state index in [0.717, 1.165) is 12.7 Å². The Morgan fingerprint density at radius 3 is 2.17 bits per heavy atom. The lowest BCUT2D eigenvalue weighted by molar-refractivity contribution is -0.344. The average molecular weight is 843 g/mol. The molecule has 19 atom stereocenters. The molecule has 4 N–H and O–H groups in total. The van der Waals surface area contributed by atoms with E-state index < -0.39 is 110 Å². The quantitative estimate of drug-likeness (QED) is 0.175. The molecule has 0 unspecified atom stereocenters. The lowest BCUT2D eigenvalue weighted by atomic mass is 9.82. The lowest BCUT2D eigenvalue weighted by Crippen LogP contribution is -2.65. The number of ether oxygens (including phenoxy) is 8. The Balaban J connectivity index is 1.66. The number of aldehydes is 1. The molecule has 4 heterocycles. The fourth-order valence-corrected chi connectivity index (χ4v) is 9.10. The van der Waals surface area contributed by atoms with E-state index in [1.807, 2.05) is 52.2 Å². The molecule has 4 aliphatic heterocycles. The maximum absolute atomic E-state index is 13.1. The fraction of sp³-hybridized carbons (Fsp3) is 0.860. The number of aliphatic hydroxyl groups excluding tert-OH is 3. The van der Waals surface area contributed by atoms with Crippen LogP contribution in [0.3, 0.4) is 0 Å². The number of allylic oxidation sites excluding steroid dienone is 2. The fourth-order valence-electron chi connectivity index (χ4n) is 9.10. The molecule has 340 valence electrons. The maximum Gasteiger partial charge on any atom is 0.308 e. The Morgan fingerprint density at radius 1 is 0.864 bits per heavy atom. The standard InChI is InChI=1S/C43H74N2O14/c1-24-21-29(19-20-46)39(59-42-37(49)36(45(9)10)38(27(4)56-42)58-35-23-43(6,51)41(50)28(5)55-35)40(52-11)31(47)22-33(48)53-25(2)15-13-12-14-16-32(24)57-34-18-17-30(44(7)8)26(3)54-34/h12-14,16,20,24-32,34-42,47,49-51H,15,17-19,21-23H2,1-11H3/b13-12+,16-14+/t24-,25-,26-,27+,28+,29+,30+,31-,32+,34+,35+,36-,37-,38-,39+,40+,41+,42+,43+/m1/s1. The van der Waals surface area contributed by atoms with Gasteiger partial charge in [-0.2, -0.15) is 0 Å². The van der Waals surface area contributed by atoms with Gasteiger partial charge in [0.05, 0.1) is 54.7 Å². The highest BCUT2D eigenvalue weighted by Crippen LogP contribution is 2.37. The van der Waals surface area contributed by atoms with E-state index in [0.29, 0.717) is 19.3 Å². The monoisotopic (exact) mass is 843 g/mol. The Kier molecular flexibility index (Phi) is 18.9. The van der Waals surface area contributed by atoms with E-state index in [1.54, 1.807) is 39.8 Å².